The highest BCUT2D eigenvalue weighted by Gasteiger charge is 2.21. The minimum Gasteiger partial charge on any atom is -0.396 e. The third kappa shape index (κ3) is 4.90. The molecule has 116 valence electrons. The Labute approximate surface area is 125 Å². The average molecular weight is 293 g/mol. The van der Waals surface area contributed by atoms with Gasteiger partial charge in [-0.2, -0.15) is 0 Å². The molecule has 1 heterocycles. The van der Waals surface area contributed by atoms with E-state index < -0.39 is 0 Å². The third-order valence-electron chi connectivity index (χ3n) is 4.23. The molecule has 0 spiro atoms. The zero-order valence-electron chi connectivity index (χ0n) is 12.4. The van der Waals surface area contributed by atoms with Crippen molar-refractivity contribution in [1.82, 2.24) is 4.90 Å². The summed E-state index contributed by atoms with van der Waals surface area (Å²) in [6.45, 7) is 2.20. The molecular formula is C17H24FNO2. The smallest absolute Gasteiger partial charge is 0.162 e. The van der Waals surface area contributed by atoms with Crippen molar-refractivity contribution in [1.29, 1.82) is 0 Å². The molecule has 0 aliphatic carbocycles. The molecule has 0 amide bonds. The maximum atomic E-state index is 12.8. The Morgan fingerprint density at radius 1 is 1.29 bits per heavy atom. The number of likely N-dealkylation sites (tertiary alicyclic amines) is 1. The number of piperidine rings is 1. The van der Waals surface area contributed by atoms with E-state index in [0.717, 1.165) is 32.4 Å². The lowest BCUT2D eigenvalue weighted by Gasteiger charge is -2.35. The molecule has 2 rings (SSSR count). The number of carbonyl (C=O) groups is 1. The van der Waals surface area contributed by atoms with Crippen molar-refractivity contribution in [2.75, 3.05) is 19.7 Å². The van der Waals surface area contributed by atoms with Gasteiger partial charge in [-0.15, -0.1) is 0 Å². The maximum Gasteiger partial charge on any atom is 0.162 e. The van der Waals surface area contributed by atoms with Gasteiger partial charge in [-0.1, -0.05) is 6.42 Å². The first-order valence-electron chi connectivity index (χ1n) is 7.84. The number of ketones is 1. The van der Waals surface area contributed by atoms with Gasteiger partial charge in [-0.25, -0.2) is 4.39 Å². The lowest BCUT2D eigenvalue weighted by molar-refractivity contribution is 0.0944. The molecule has 1 aromatic rings. The highest BCUT2D eigenvalue weighted by Crippen LogP contribution is 2.20. The van der Waals surface area contributed by atoms with E-state index in [0.29, 0.717) is 18.0 Å². The Bertz CT molecular complexity index is 445. The van der Waals surface area contributed by atoms with Crippen LogP contribution >= 0.6 is 0 Å². The van der Waals surface area contributed by atoms with Gasteiger partial charge >= 0.3 is 0 Å². The first kappa shape index (κ1) is 16.1. The van der Waals surface area contributed by atoms with Crippen molar-refractivity contribution < 1.29 is 14.3 Å². The second-order valence-electron chi connectivity index (χ2n) is 5.73. The summed E-state index contributed by atoms with van der Waals surface area (Å²) >= 11 is 0. The topological polar surface area (TPSA) is 40.5 Å². The summed E-state index contributed by atoms with van der Waals surface area (Å²) in [7, 11) is 0. The van der Waals surface area contributed by atoms with E-state index in [1.165, 1.54) is 25.0 Å². The van der Waals surface area contributed by atoms with E-state index in [9.17, 15) is 9.18 Å². The van der Waals surface area contributed by atoms with Gasteiger partial charge in [0.1, 0.15) is 5.82 Å². The van der Waals surface area contributed by atoms with E-state index in [-0.39, 0.29) is 18.2 Å². The zero-order valence-corrected chi connectivity index (χ0v) is 12.4. The molecule has 1 unspecified atom stereocenters. The molecule has 0 bridgehead atoms. The quantitative estimate of drug-likeness (QED) is 0.786. The summed E-state index contributed by atoms with van der Waals surface area (Å²) in [6, 6.07) is 6.22. The molecule has 4 heteroatoms. The van der Waals surface area contributed by atoms with Crippen LogP contribution in [-0.4, -0.2) is 41.5 Å². The van der Waals surface area contributed by atoms with Crippen LogP contribution in [0.25, 0.3) is 0 Å². The normalized spacial score (nSPS) is 19.6. The molecule has 0 saturated carbocycles. The molecular weight excluding hydrogens is 269 g/mol. The van der Waals surface area contributed by atoms with Crippen LogP contribution in [-0.2, 0) is 0 Å². The number of halogens is 1. The molecule has 1 aliphatic heterocycles. The lowest BCUT2D eigenvalue weighted by atomic mass is 9.98. The van der Waals surface area contributed by atoms with Crippen molar-refractivity contribution >= 4 is 5.78 Å². The number of benzene rings is 1. The Morgan fingerprint density at radius 2 is 2.05 bits per heavy atom. The monoisotopic (exact) mass is 293 g/mol. The maximum absolute atomic E-state index is 12.8. The van der Waals surface area contributed by atoms with Gasteiger partial charge < -0.3 is 10.0 Å². The minimum absolute atomic E-state index is 0.0747. The Hall–Kier alpha value is -1.26. The van der Waals surface area contributed by atoms with Gasteiger partial charge in [0, 0.05) is 24.6 Å². The highest BCUT2D eigenvalue weighted by atomic mass is 19.1. The van der Waals surface area contributed by atoms with Crippen LogP contribution in [0.3, 0.4) is 0 Å². The van der Waals surface area contributed by atoms with Crippen LogP contribution in [0.4, 0.5) is 4.39 Å². The Morgan fingerprint density at radius 3 is 2.76 bits per heavy atom. The van der Waals surface area contributed by atoms with Gasteiger partial charge in [0.15, 0.2) is 5.78 Å². The summed E-state index contributed by atoms with van der Waals surface area (Å²) in [4.78, 5) is 14.4. The SMILES string of the molecule is O=C(CCCN1CCCCC1CCO)c1ccc(F)cc1. The van der Waals surface area contributed by atoms with Gasteiger partial charge in [0.2, 0.25) is 0 Å². The number of carbonyl (C=O) groups excluding carboxylic acids is 1. The van der Waals surface area contributed by atoms with Crippen LogP contribution in [0.5, 0.6) is 0 Å². The van der Waals surface area contributed by atoms with Crippen LogP contribution in [0.15, 0.2) is 24.3 Å². The number of aliphatic hydroxyl groups excluding tert-OH is 1. The summed E-state index contributed by atoms with van der Waals surface area (Å²) < 4.78 is 12.8. The highest BCUT2D eigenvalue weighted by molar-refractivity contribution is 5.95. The molecule has 21 heavy (non-hydrogen) atoms. The van der Waals surface area contributed by atoms with Crippen molar-refractivity contribution in [3.05, 3.63) is 35.6 Å². The molecule has 1 atom stereocenters. The number of Topliss-reactive ketones (excluding diaryl/α,β-unsaturated/α-hetero) is 1. The van der Waals surface area contributed by atoms with Crippen LogP contribution < -0.4 is 0 Å². The first-order valence-corrected chi connectivity index (χ1v) is 7.84. The zero-order chi connectivity index (χ0) is 15.1. The molecule has 0 radical (unpaired) electrons. The molecule has 3 nitrogen and oxygen atoms in total. The van der Waals surface area contributed by atoms with Gasteiger partial charge in [0.05, 0.1) is 0 Å². The van der Waals surface area contributed by atoms with Crippen molar-refractivity contribution in [3.63, 3.8) is 0 Å². The Kier molecular flexibility index (Phi) is 6.33. The average Bonchev–Trinajstić information content (AvgIpc) is 2.50. The third-order valence-corrected chi connectivity index (χ3v) is 4.23. The molecule has 1 saturated heterocycles. The second kappa shape index (κ2) is 8.25. The van der Waals surface area contributed by atoms with Crippen molar-refractivity contribution in [3.8, 4) is 0 Å². The van der Waals surface area contributed by atoms with Crippen LogP contribution in [0.2, 0.25) is 0 Å². The van der Waals surface area contributed by atoms with Crippen LogP contribution in [0.1, 0.15) is 48.9 Å². The predicted octanol–water partition coefficient (Wildman–Crippen LogP) is 3.03. The predicted molar refractivity (Wildman–Crippen MR) is 80.9 cm³/mol. The second-order valence-corrected chi connectivity index (χ2v) is 5.73. The summed E-state index contributed by atoms with van der Waals surface area (Å²) in [5.74, 6) is -0.238. The Balaban J connectivity index is 1.77. The number of hydrogen-bond donors (Lipinski definition) is 1. The molecule has 0 aromatic heterocycles. The standard InChI is InChI=1S/C17H24FNO2/c18-15-8-6-14(7-9-15)17(21)5-3-12-19-11-2-1-4-16(19)10-13-20/h6-9,16,20H,1-5,10-13H2. The molecule has 1 fully saturated rings. The van der Waals surface area contributed by atoms with E-state index in [1.54, 1.807) is 12.1 Å². The minimum atomic E-state index is -0.313. The number of aliphatic hydroxyl groups is 1. The molecule has 1 N–H and O–H groups in total. The molecule has 1 aliphatic rings. The van der Waals surface area contributed by atoms with Gasteiger partial charge in [0.25, 0.3) is 0 Å². The van der Waals surface area contributed by atoms with Gasteiger partial charge in [-0.3, -0.25) is 4.79 Å². The fraction of sp³-hybridized carbons (Fsp3) is 0.588. The van der Waals surface area contributed by atoms with E-state index >= 15 is 0 Å². The van der Waals surface area contributed by atoms with Gasteiger partial charge in [-0.05, 0) is 63.0 Å². The largest absolute Gasteiger partial charge is 0.396 e. The van der Waals surface area contributed by atoms with E-state index in [1.807, 2.05) is 0 Å². The lowest BCUT2D eigenvalue weighted by Crippen LogP contribution is -2.40. The summed E-state index contributed by atoms with van der Waals surface area (Å²) in [5.41, 5.74) is 0.585. The fourth-order valence-corrected chi connectivity index (χ4v) is 3.05. The van der Waals surface area contributed by atoms with E-state index in [2.05, 4.69) is 4.90 Å². The molecule has 1 aromatic carbocycles. The van der Waals surface area contributed by atoms with Crippen molar-refractivity contribution in [2.45, 2.75) is 44.6 Å². The summed E-state index contributed by atoms with van der Waals surface area (Å²) in [5, 5.41) is 9.11. The van der Waals surface area contributed by atoms with Crippen LogP contribution in [0, 0.1) is 5.82 Å². The van der Waals surface area contributed by atoms with E-state index in [4.69, 9.17) is 5.11 Å². The number of rotatable bonds is 7. The number of nitrogens with zero attached hydrogens (tertiary/aromatic N) is 1. The summed E-state index contributed by atoms with van der Waals surface area (Å²) in [6.07, 6.45) is 5.72. The fourth-order valence-electron chi connectivity index (χ4n) is 3.05. The first-order chi connectivity index (χ1) is 10.2. The number of hydrogen-bond acceptors (Lipinski definition) is 3. The van der Waals surface area contributed by atoms with Crippen molar-refractivity contribution in [2.24, 2.45) is 0 Å².